The maximum atomic E-state index is 6.42. The zero-order chi connectivity index (χ0) is 15.3. The Morgan fingerprint density at radius 1 is 1.05 bits per heavy atom. The lowest BCUT2D eigenvalue weighted by atomic mass is 9.85. The molecule has 110 valence electrons. The third kappa shape index (κ3) is 2.26. The Bertz CT molecular complexity index is 824. The highest BCUT2D eigenvalue weighted by atomic mass is 79.9. The van der Waals surface area contributed by atoms with Crippen molar-refractivity contribution >= 4 is 37.5 Å². The molecule has 1 heterocycles. The molecule has 2 aromatic carbocycles. The number of rotatable bonds is 1. The molecule has 0 aromatic heterocycles. The second-order valence-electron chi connectivity index (χ2n) is 5.56. The van der Waals surface area contributed by atoms with Gasteiger partial charge in [0.05, 0.1) is 0 Å². The molecule has 2 aromatic rings. The minimum Gasteiger partial charge on any atom is -0.366 e. The van der Waals surface area contributed by atoms with Gasteiger partial charge >= 0.3 is 0 Å². The summed E-state index contributed by atoms with van der Waals surface area (Å²) in [6, 6.07) is 12.7. The Kier molecular flexibility index (Phi) is 3.48. The predicted molar refractivity (Wildman–Crippen MR) is 99.0 cm³/mol. The average molecular weight is 418 g/mol. The van der Waals surface area contributed by atoms with Crippen molar-refractivity contribution in [3.8, 4) is 11.1 Å². The van der Waals surface area contributed by atoms with Crippen molar-refractivity contribution in [1.29, 1.82) is 0 Å². The number of fused-ring (bicyclic) bond motifs is 3. The number of nitrogens with two attached hydrogens (primary N) is 1. The molecule has 1 aliphatic carbocycles. The van der Waals surface area contributed by atoms with Gasteiger partial charge in [-0.1, -0.05) is 68.3 Å². The van der Waals surface area contributed by atoms with Crippen molar-refractivity contribution in [2.75, 3.05) is 5.32 Å². The third-order valence-corrected chi connectivity index (χ3v) is 5.22. The summed E-state index contributed by atoms with van der Waals surface area (Å²) in [5.41, 5.74) is 12.4. The lowest BCUT2D eigenvalue weighted by Gasteiger charge is -2.30. The molecule has 0 radical (unpaired) electrons. The van der Waals surface area contributed by atoms with E-state index in [1.807, 2.05) is 6.07 Å². The molecular weight excluding hydrogens is 404 g/mol. The van der Waals surface area contributed by atoms with Crippen LogP contribution in [-0.2, 0) is 0 Å². The lowest BCUT2D eigenvalue weighted by molar-refractivity contribution is 0.808. The summed E-state index contributed by atoms with van der Waals surface area (Å²) in [5, 5.41) is 3.42. The van der Waals surface area contributed by atoms with Gasteiger partial charge in [-0.05, 0) is 29.3 Å². The van der Waals surface area contributed by atoms with Crippen LogP contribution in [0.25, 0.3) is 11.1 Å². The molecule has 4 heteroatoms. The fourth-order valence-corrected chi connectivity index (χ4v) is 4.03. The quantitative estimate of drug-likeness (QED) is 0.648. The van der Waals surface area contributed by atoms with Crippen molar-refractivity contribution < 1.29 is 0 Å². The summed E-state index contributed by atoms with van der Waals surface area (Å²) in [6.45, 7) is 0. The van der Waals surface area contributed by atoms with Crippen molar-refractivity contribution in [2.45, 2.75) is 12.1 Å². The summed E-state index contributed by atoms with van der Waals surface area (Å²) in [6.07, 6.45) is 6.30. The van der Waals surface area contributed by atoms with Crippen LogP contribution in [0.3, 0.4) is 0 Å². The molecule has 2 unspecified atom stereocenters. The molecule has 2 aliphatic rings. The van der Waals surface area contributed by atoms with Gasteiger partial charge in [-0.25, -0.2) is 0 Å². The molecule has 0 bridgehead atoms. The first-order valence-electron chi connectivity index (χ1n) is 7.14. The zero-order valence-electron chi connectivity index (χ0n) is 11.7. The molecule has 0 spiro atoms. The summed E-state index contributed by atoms with van der Waals surface area (Å²) < 4.78 is 2.19. The van der Waals surface area contributed by atoms with Gasteiger partial charge in [0.2, 0.25) is 0 Å². The number of benzene rings is 2. The van der Waals surface area contributed by atoms with Crippen LogP contribution < -0.4 is 11.1 Å². The highest BCUT2D eigenvalue weighted by Gasteiger charge is 2.26. The van der Waals surface area contributed by atoms with Crippen LogP contribution in [0.1, 0.15) is 23.2 Å². The Balaban J connectivity index is 1.94. The zero-order valence-corrected chi connectivity index (χ0v) is 14.9. The summed E-state index contributed by atoms with van der Waals surface area (Å²) in [5.74, 6) is 0.269. The van der Waals surface area contributed by atoms with Crippen LogP contribution in [0.15, 0.2) is 63.6 Å². The van der Waals surface area contributed by atoms with Crippen molar-refractivity contribution in [3.63, 3.8) is 0 Å². The molecule has 0 amide bonds. The van der Waals surface area contributed by atoms with Gasteiger partial charge in [0.15, 0.2) is 0 Å². The van der Waals surface area contributed by atoms with E-state index < -0.39 is 0 Å². The second-order valence-corrected chi connectivity index (χ2v) is 7.39. The molecule has 4 rings (SSSR count). The number of anilines is 1. The van der Waals surface area contributed by atoms with Crippen LogP contribution >= 0.6 is 31.9 Å². The third-order valence-electron chi connectivity index (χ3n) is 4.19. The van der Waals surface area contributed by atoms with Crippen LogP contribution in [0.5, 0.6) is 0 Å². The molecule has 2 atom stereocenters. The first-order valence-corrected chi connectivity index (χ1v) is 8.72. The van der Waals surface area contributed by atoms with Crippen LogP contribution in [-0.4, -0.2) is 0 Å². The SMILES string of the molecule is NC1Nc2ccc(Br)cc2-c2cccc(C3C=CC(Br)=C3)c21. The van der Waals surface area contributed by atoms with Gasteiger partial charge in [-0.3, -0.25) is 0 Å². The number of allylic oxidation sites excluding steroid dienone is 4. The van der Waals surface area contributed by atoms with Crippen molar-refractivity contribution in [3.05, 3.63) is 74.7 Å². The molecule has 2 nitrogen and oxygen atoms in total. The number of nitrogens with one attached hydrogen (secondary N) is 1. The highest BCUT2D eigenvalue weighted by molar-refractivity contribution is 9.12. The number of hydrogen-bond acceptors (Lipinski definition) is 2. The first-order chi connectivity index (χ1) is 10.6. The minimum absolute atomic E-state index is 0.193. The van der Waals surface area contributed by atoms with E-state index in [1.54, 1.807) is 0 Å². The van der Waals surface area contributed by atoms with Gasteiger partial charge in [-0.2, -0.15) is 0 Å². The van der Waals surface area contributed by atoms with Crippen molar-refractivity contribution in [1.82, 2.24) is 0 Å². The molecular formula is C18H14Br2N2. The number of halogens is 2. The Hall–Kier alpha value is -1.36. The average Bonchev–Trinajstić information content (AvgIpc) is 2.94. The Labute approximate surface area is 146 Å². The van der Waals surface area contributed by atoms with E-state index in [2.05, 4.69) is 85.7 Å². The molecule has 1 aliphatic heterocycles. The smallest absolute Gasteiger partial charge is 0.102 e. The molecule has 22 heavy (non-hydrogen) atoms. The predicted octanol–water partition coefficient (Wildman–Crippen LogP) is 5.43. The van der Waals surface area contributed by atoms with Crippen LogP contribution in [0, 0.1) is 0 Å². The second kappa shape index (κ2) is 5.37. The maximum absolute atomic E-state index is 6.42. The van der Waals surface area contributed by atoms with E-state index in [9.17, 15) is 0 Å². The minimum atomic E-state index is -0.193. The molecule has 0 saturated carbocycles. The first kappa shape index (κ1) is 14.2. The summed E-state index contributed by atoms with van der Waals surface area (Å²) in [4.78, 5) is 0. The van der Waals surface area contributed by atoms with E-state index >= 15 is 0 Å². The standard InChI is InChI=1S/C18H14Br2N2/c19-11-5-4-10(8-11)13-2-1-3-14-15-9-12(20)6-7-16(15)22-18(21)17(13)14/h1-10,18,22H,21H2. The fraction of sp³-hybridized carbons (Fsp3) is 0.111. The Morgan fingerprint density at radius 3 is 2.68 bits per heavy atom. The van der Waals surface area contributed by atoms with Crippen molar-refractivity contribution in [2.24, 2.45) is 5.73 Å². The lowest BCUT2D eigenvalue weighted by Crippen LogP contribution is -2.26. The highest BCUT2D eigenvalue weighted by Crippen LogP contribution is 2.44. The molecule has 0 saturated heterocycles. The molecule has 0 fully saturated rings. The van der Waals surface area contributed by atoms with E-state index in [4.69, 9.17) is 5.73 Å². The topological polar surface area (TPSA) is 38.0 Å². The maximum Gasteiger partial charge on any atom is 0.102 e. The van der Waals surface area contributed by atoms with Crippen LogP contribution in [0.2, 0.25) is 0 Å². The van der Waals surface area contributed by atoms with Gasteiger partial charge in [0, 0.05) is 31.7 Å². The van der Waals surface area contributed by atoms with E-state index in [-0.39, 0.29) is 12.1 Å². The normalized spacial score (nSPS) is 21.9. The fourth-order valence-electron chi connectivity index (χ4n) is 3.23. The van der Waals surface area contributed by atoms with Gasteiger partial charge in [0.25, 0.3) is 0 Å². The summed E-state index contributed by atoms with van der Waals surface area (Å²) >= 11 is 7.11. The van der Waals surface area contributed by atoms with Crippen LogP contribution in [0.4, 0.5) is 5.69 Å². The van der Waals surface area contributed by atoms with Gasteiger partial charge in [0.1, 0.15) is 6.17 Å². The largest absolute Gasteiger partial charge is 0.366 e. The van der Waals surface area contributed by atoms with Gasteiger partial charge in [-0.15, -0.1) is 0 Å². The monoisotopic (exact) mass is 416 g/mol. The van der Waals surface area contributed by atoms with Gasteiger partial charge < -0.3 is 11.1 Å². The van der Waals surface area contributed by atoms with E-state index in [1.165, 1.54) is 22.3 Å². The van der Waals surface area contributed by atoms with E-state index in [0.717, 1.165) is 14.6 Å². The number of hydrogen-bond donors (Lipinski definition) is 2. The molecule has 3 N–H and O–H groups in total. The Morgan fingerprint density at radius 2 is 1.91 bits per heavy atom. The van der Waals surface area contributed by atoms with E-state index in [0.29, 0.717) is 0 Å². The summed E-state index contributed by atoms with van der Waals surface area (Å²) in [7, 11) is 0.